The first-order chi connectivity index (χ1) is 20.0. The van der Waals surface area contributed by atoms with Gasteiger partial charge in [0.1, 0.15) is 23.4 Å². The molecule has 16 heteroatoms. The fourth-order valence-electron chi connectivity index (χ4n) is 4.10. The van der Waals surface area contributed by atoms with Gasteiger partial charge in [-0.3, -0.25) is 14.4 Å². The number of nitrogens with one attached hydrogen (secondary N) is 2. The Morgan fingerprint density at radius 2 is 1.81 bits per heavy atom. The van der Waals surface area contributed by atoms with E-state index < -0.39 is 45.7 Å². The lowest BCUT2D eigenvalue weighted by atomic mass is 10.1. The van der Waals surface area contributed by atoms with Gasteiger partial charge in [-0.25, -0.2) is 17.6 Å². The van der Waals surface area contributed by atoms with E-state index >= 15 is 0 Å². The highest BCUT2D eigenvalue weighted by molar-refractivity contribution is 7.92. The number of carbonyl (C=O) groups is 2. The van der Waals surface area contributed by atoms with Crippen LogP contribution in [0.2, 0.25) is 0 Å². The van der Waals surface area contributed by atoms with Crippen molar-refractivity contribution in [1.29, 1.82) is 0 Å². The lowest BCUT2D eigenvalue weighted by Crippen LogP contribution is -2.48. The molecular formula is C27H32F4N4O7S. The van der Waals surface area contributed by atoms with E-state index in [0.29, 0.717) is 30.9 Å². The number of ether oxygens (including phenoxy) is 2. The zero-order valence-corrected chi connectivity index (χ0v) is 24.2. The van der Waals surface area contributed by atoms with Gasteiger partial charge in [-0.15, -0.1) is 0 Å². The zero-order chi connectivity index (χ0) is 31.7. The molecule has 2 amide bonds. The highest BCUT2D eigenvalue weighted by atomic mass is 32.2. The van der Waals surface area contributed by atoms with Gasteiger partial charge in [0.15, 0.2) is 0 Å². The van der Waals surface area contributed by atoms with Crippen LogP contribution in [0, 0.1) is 19.7 Å². The molecule has 0 saturated carbocycles. The van der Waals surface area contributed by atoms with Crippen LogP contribution in [-0.4, -0.2) is 56.5 Å². The van der Waals surface area contributed by atoms with Crippen molar-refractivity contribution in [2.24, 2.45) is 0 Å². The summed E-state index contributed by atoms with van der Waals surface area (Å²) < 4.78 is 96.8. The highest BCUT2D eigenvalue weighted by Crippen LogP contribution is 2.39. The predicted octanol–water partition coefficient (Wildman–Crippen LogP) is 5.13. The molecule has 0 bridgehead atoms. The number of aryl methyl sites for hydroxylation is 2. The maximum Gasteiger partial charge on any atom is 0.427 e. The molecule has 2 heterocycles. The van der Waals surface area contributed by atoms with E-state index in [2.05, 4.69) is 20.5 Å². The third-order valence-corrected chi connectivity index (χ3v) is 8.41. The molecule has 0 radical (unpaired) electrons. The summed E-state index contributed by atoms with van der Waals surface area (Å²) in [6.07, 6.45) is -7.18. The molecule has 4 rings (SSSR count). The molecule has 11 nitrogen and oxygen atoms in total. The second kappa shape index (κ2) is 11.7. The number of amides is 2. The summed E-state index contributed by atoms with van der Waals surface area (Å²) in [5.74, 6) is -0.526. The van der Waals surface area contributed by atoms with Gasteiger partial charge in [0, 0.05) is 14.1 Å². The molecule has 1 aliphatic rings. The number of sulfonamides is 1. The molecule has 43 heavy (non-hydrogen) atoms. The number of benzene rings is 2. The van der Waals surface area contributed by atoms with Gasteiger partial charge >= 0.3 is 12.3 Å². The van der Waals surface area contributed by atoms with Crippen molar-refractivity contribution in [3.63, 3.8) is 0 Å². The number of carbonyl (C=O) groups excluding carboxylic acids is 2. The molecule has 1 aliphatic heterocycles. The second-order valence-electron chi connectivity index (χ2n) is 10.2. The first-order valence-corrected chi connectivity index (χ1v) is 14.3. The van der Waals surface area contributed by atoms with Crippen LogP contribution < -0.4 is 19.7 Å². The molecule has 236 valence electrons. The van der Waals surface area contributed by atoms with Crippen LogP contribution in [0.25, 0.3) is 0 Å². The van der Waals surface area contributed by atoms with Crippen LogP contribution in [-0.2, 0) is 26.0 Å². The highest BCUT2D eigenvalue weighted by Gasteiger charge is 2.51. The molecule has 0 unspecified atom stereocenters. The fourth-order valence-corrected chi connectivity index (χ4v) is 5.59. The summed E-state index contributed by atoms with van der Waals surface area (Å²) in [4.78, 5) is 24.6. The predicted molar refractivity (Wildman–Crippen MR) is 149 cm³/mol. The van der Waals surface area contributed by atoms with Gasteiger partial charge in [0.2, 0.25) is 11.5 Å². The standard InChI is InChI=1S/C27H28F4N4O7S.2H2/c1-15-21(16(2)42-34-15)12-24(36)32-13-19-14-35(43(38,39)20-8-5-17(28)6-9-20)22-11-18(7-10-23(22)40-19)33-25(37)41-26(3,4)27(29,30)31;;/h5-11,19H,12-14H2,1-4H3,(H,32,36)(H,33,37);2*1H/t19-;;/m0../s1. The molecule has 2 N–H and O–H groups in total. The summed E-state index contributed by atoms with van der Waals surface area (Å²) in [5.41, 5.74) is -1.77. The van der Waals surface area contributed by atoms with Crippen molar-refractivity contribution in [2.75, 3.05) is 22.7 Å². The number of nitrogens with zero attached hydrogens (tertiary/aromatic N) is 2. The van der Waals surface area contributed by atoms with E-state index in [1.165, 1.54) is 18.2 Å². The second-order valence-corrected chi connectivity index (χ2v) is 12.1. The molecule has 3 aromatic rings. The van der Waals surface area contributed by atoms with Gasteiger partial charge in [0.25, 0.3) is 10.0 Å². The van der Waals surface area contributed by atoms with E-state index in [4.69, 9.17) is 9.26 Å². The first-order valence-electron chi connectivity index (χ1n) is 12.8. The zero-order valence-electron chi connectivity index (χ0n) is 23.4. The number of anilines is 2. The number of rotatable bonds is 8. The summed E-state index contributed by atoms with van der Waals surface area (Å²) >= 11 is 0. The van der Waals surface area contributed by atoms with Gasteiger partial charge < -0.3 is 19.3 Å². The van der Waals surface area contributed by atoms with Crippen molar-refractivity contribution in [3.05, 3.63) is 65.3 Å². The molecule has 0 aliphatic carbocycles. The summed E-state index contributed by atoms with van der Waals surface area (Å²) in [6.45, 7) is 4.30. The number of hydrogen-bond acceptors (Lipinski definition) is 8. The van der Waals surface area contributed by atoms with E-state index in [9.17, 15) is 35.6 Å². The van der Waals surface area contributed by atoms with Crippen LogP contribution in [0.1, 0.15) is 33.7 Å². The summed E-state index contributed by atoms with van der Waals surface area (Å²) in [5, 5.41) is 8.67. The molecule has 0 spiro atoms. The number of aromatic nitrogens is 1. The minimum atomic E-state index is -4.84. The fraction of sp³-hybridized carbons (Fsp3) is 0.370. The molecule has 1 aromatic heterocycles. The number of hydrogen-bond donors (Lipinski definition) is 2. The number of fused-ring (bicyclic) bond motifs is 1. The Labute approximate surface area is 247 Å². The Kier molecular flexibility index (Phi) is 8.63. The minimum Gasteiger partial charge on any atom is -0.484 e. The minimum absolute atomic E-state index is 0. The van der Waals surface area contributed by atoms with Crippen molar-refractivity contribution in [2.45, 2.75) is 56.9 Å². The van der Waals surface area contributed by atoms with Crippen molar-refractivity contribution < 1.29 is 52.4 Å². The normalized spacial score (nSPS) is 15.3. The van der Waals surface area contributed by atoms with Gasteiger partial charge in [-0.2, -0.15) is 13.2 Å². The van der Waals surface area contributed by atoms with E-state index in [0.717, 1.165) is 28.6 Å². The molecule has 2 aromatic carbocycles. The third-order valence-electron chi connectivity index (χ3n) is 6.61. The average molecular weight is 633 g/mol. The molecule has 0 saturated heterocycles. The number of halogens is 4. The van der Waals surface area contributed by atoms with Crippen LogP contribution in [0.5, 0.6) is 5.75 Å². The van der Waals surface area contributed by atoms with Crippen LogP contribution in [0.4, 0.5) is 33.7 Å². The van der Waals surface area contributed by atoms with Gasteiger partial charge in [0.05, 0.1) is 35.8 Å². The van der Waals surface area contributed by atoms with Crippen LogP contribution >= 0.6 is 0 Å². The molecule has 1 atom stereocenters. The Morgan fingerprint density at radius 3 is 2.42 bits per heavy atom. The Balaban J connectivity index is 0.00000353. The van der Waals surface area contributed by atoms with Crippen molar-refractivity contribution >= 4 is 33.4 Å². The van der Waals surface area contributed by atoms with E-state index in [1.807, 2.05) is 0 Å². The SMILES string of the molecule is Cc1noc(C)c1CC(=O)NC[C@H]1CN(S(=O)(=O)c2ccc(F)cc2)c2cc(NC(=O)OC(C)(C)C(F)(F)F)ccc2O1.[HH].[HH]. The Bertz CT molecular complexity index is 1620. The summed E-state index contributed by atoms with van der Waals surface area (Å²) in [6, 6.07) is 7.85. The maximum absolute atomic E-state index is 13.7. The maximum atomic E-state index is 13.7. The smallest absolute Gasteiger partial charge is 0.427 e. The Hall–Kier alpha value is -4.34. The quantitative estimate of drug-likeness (QED) is 0.326. The van der Waals surface area contributed by atoms with Crippen molar-refractivity contribution in [1.82, 2.24) is 10.5 Å². The van der Waals surface area contributed by atoms with Gasteiger partial charge in [-0.05, 0) is 70.2 Å². The number of alkyl halides is 3. The lowest BCUT2D eigenvalue weighted by Gasteiger charge is -2.36. The molecule has 0 fully saturated rings. The molecular weight excluding hydrogens is 600 g/mol. The van der Waals surface area contributed by atoms with Gasteiger partial charge in [-0.1, -0.05) is 5.16 Å². The first kappa shape index (κ1) is 31.6. The third kappa shape index (κ3) is 7.01. The van der Waals surface area contributed by atoms with Crippen molar-refractivity contribution in [3.8, 4) is 5.75 Å². The average Bonchev–Trinajstić information content (AvgIpc) is 3.22. The summed E-state index contributed by atoms with van der Waals surface area (Å²) in [7, 11) is -4.35. The lowest BCUT2D eigenvalue weighted by molar-refractivity contribution is -0.242. The van der Waals surface area contributed by atoms with Crippen LogP contribution in [0.3, 0.4) is 0 Å². The topological polar surface area (TPSA) is 140 Å². The largest absolute Gasteiger partial charge is 0.484 e. The monoisotopic (exact) mass is 632 g/mol. The van der Waals surface area contributed by atoms with E-state index in [1.54, 1.807) is 13.8 Å². The Morgan fingerprint density at radius 1 is 1.14 bits per heavy atom. The van der Waals surface area contributed by atoms with E-state index in [-0.39, 0.29) is 44.4 Å². The van der Waals surface area contributed by atoms with Crippen LogP contribution in [0.15, 0.2) is 51.9 Å².